The summed E-state index contributed by atoms with van der Waals surface area (Å²) in [7, 11) is 1.54. The molecular formula is C19H24ClN3O2. The van der Waals surface area contributed by atoms with E-state index in [1.165, 1.54) is 0 Å². The third-order valence-electron chi connectivity index (χ3n) is 3.66. The molecule has 2 aromatic carbocycles. The van der Waals surface area contributed by atoms with E-state index in [4.69, 9.17) is 16.3 Å². The van der Waals surface area contributed by atoms with Crippen LogP contribution >= 0.6 is 11.6 Å². The Balaban J connectivity index is 1.93. The highest BCUT2D eigenvalue weighted by molar-refractivity contribution is 6.31. The highest BCUT2D eigenvalue weighted by Gasteiger charge is 2.04. The molecule has 0 atom stereocenters. The largest absolute Gasteiger partial charge is 0.504 e. The predicted octanol–water partition coefficient (Wildman–Crippen LogP) is 3.35. The fourth-order valence-electron chi connectivity index (χ4n) is 2.34. The Hall–Kier alpha value is -2.40. The first-order chi connectivity index (χ1) is 12.1. The summed E-state index contributed by atoms with van der Waals surface area (Å²) in [5.41, 5.74) is 2.06. The average molecular weight is 362 g/mol. The second-order valence-corrected chi connectivity index (χ2v) is 5.88. The maximum Gasteiger partial charge on any atom is 0.191 e. The van der Waals surface area contributed by atoms with Gasteiger partial charge in [-0.25, -0.2) is 4.99 Å². The lowest BCUT2D eigenvalue weighted by atomic mass is 10.1. The van der Waals surface area contributed by atoms with Crippen LogP contribution in [0.4, 0.5) is 0 Å². The van der Waals surface area contributed by atoms with Crippen molar-refractivity contribution in [2.75, 3.05) is 20.2 Å². The number of halogens is 1. The minimum atomic E-state index is 0.147. The van der Waals surface area contributed by atoms with Gasteiger partial charge in [-0.05, 0) is 42.7 Å². The van der Waals surface area contributed by atoms with Crippen LogP contribution in [-0.4, -0.2) is 31.3 Å². The van der Waals surface area contributed by atoms with Crippen molar-refractivity contribution in [1.82, 2.24) is 10.6 Å². The van der Waals surface area contributed by atoms with Crippen LogP contribution in [-0.2, 0) is 13.0 Å². The molecule has 0 heterocycles. The lowest BCUT2D eigenvalue weighted by Crippen LogP contribution is -2.38. The first-order valence-electron chi connectivity index (χ1n) is 8.25. The molecule has 0 unspecified atom stereocenters. The molecule has 25 heavy (non-hydrogen) atoms. The molecule has 134 valence electrons. The van der Waals surface area contributed by atoms with Gasteiger partial charge in [0.15, 0.2) is 17.5 Å². The molecule has 0 aliphatic rings. The van der Waals surface area contributed by atoms with Crippen LogP contribution in [0.2, 0.25) is 5.02 Å². The standard InChI is InChI=1S/C19H24ClN3O2/c1-3-21-19(23-13-15-6-4-5-7-16(15)20)22-11-10-14-8-9-17(24)18(12-14)25-2/h4-9,12,24H,3,10-11,13H2,1-2H3,(H2,21,22,23). The Morgan fingerprint density at radius 2 is 2.00 bits per heavy atom. The van der Waals surface area contributed by atoms with Gasteiger partial charge in [-0.3, -0.25) is 0 Å². The molecule has 0 saturated heterocycles. The molecule has 2 aromatic rings. The minimum Gasteiger partial charge on any atom is -0.504 e. The zero-order valence-electron chi connectivity index (χ0n) is 14.6. The van der Waals surface area contributed by atoms with E-state index >= 15 is 0 Å². The Morgan fingerprint density at radius 3 is 2.72 bits per heavy atom. The summed E-state index contributed by atoms with van der Waals surface area (Å²) in [6.45, 7) is 4.03. The number of methoxy groups -OCH3 is 1. The Labute approximate surface area is 153 Å². The van der Waals surface area contributed by atoms with Crippen LogP contribution < -0.4 is 15.4 Å². The van der Waals surface area contributed by atoms with Crippen molar-refractivity contribution in [3.8, 4) is 11.5 Å². The number of phenols is 1. The summed E-state index contributed by atoms with van der Waals surface area (Å²) < 4.78 is 5.13. The number of aromatic hydroxyl groups is 1. The van der Waals surface area contributed by atoms with E-state index in [1.54, 1.807) is 13.2 Å². The molecule has 0 amide bonds. The molecule has 6 heteroatoms. The third kappa shape index (κ3) is 5.87. The zero-order valence-corrected chi connectivity index (χ0v) is 15.3. The second-order valence-electron chi connectivity index (χ2n) is 5.47. The van der Waals surface area contributed by atoms with Crippen LogP contribution in [0.15, 0.2) is 47.5 Å². The maximum atomic E-state index is 9.64. The predicted molar refractivity (Wildman–Crippen MR) is 103 cm³/mol. The van der Waals surface area contributed by atoms with Gasteiger partial charge in [0.2, 0.25) is 0 Å². The van der Waals surface area contributed by atoms with Gasteiger partial charge < -0.3 is 20.5 Å². The number of hydrogen-bond donors (Lipinski definition) is 3. The van der Waals surface area contributed by atoms with Gasteiger partial charge in [-0.2, -0.15) is 0 Å². The van der Waals surface area contributed by atoms with E-state index in [-0.39, 0.29) is 5.75 Å². The SMILES string of the molecule is CCNC(=NCc1ccccc1Cl)NCCc1ccc(O)c(OC)c1. The number of hydrogen-bond acceptors (Lipinski definition) is 3. The van der Waals surface area contributed by atoms with Crippen LogP contribution in [0.5, 0.6) is 11.5 Å². The molecule has 0 bridgehead atoms. The van der Waals surface area contributed by atoms with Gasteiger partial charge in [-0.15, -0.1) is 0 Å². The van der Waals surface area contributed by atoms with E-state index in [0.29, 0.717) is 18.8 Å². The van der Waals surface area contributed by atoms with Crippen molar-refractivity contribution in [2.24, 2.45) is 4.99 Å². The average Bonchev–Trinajstić information content (AvgIpc) is 2.62. The fraction of sp³-hybridized carbons (Fsp3) is 0.316. The Morgan fingerprint density at radius 1 is 1.20 bits per heavy atom. The summed E-state index contributed by atoms with van der Waals surface area (Å²) in [5.74, 6) is 1.37. The third-order valence-corrected chi connectivity index (χ3v) is 4.03. The van der Waals surface area contributed by atoms with Gasteiger partial charge in [0.1, 0.15) is 0 Å². The van der Waals surface area contributed by atoms with Gasteiger partial charge >= 0.3 is 0 Å². The first-order valence-corrected chi connectivity index (χ1v) is 8.63. The zero-order chi connectivity index (χ0) is 18.1. The Kier molecular flexibility index (Phi) is 7.41. The first kappa shape index (κ1) is 18.9. The van der Waals surface area contributed by atoms with E-state index in [9.17, 15) is 5.11 Å². The normalized spacial score (nSPS) is 11.2. The number of rotatable bonds is 7. The van der Waals surface area contributed by atoms with E-state index < -0.39 is 0 Å². The molecule has 0 radical (unpaired) electrons. The minimum absolute atomic E-state index is 0.147. The number of benzene rings is 2. The molecule has 0 saturated carbocycles. The smallest absolute Gasteiger partial charge is 0.191 e. The number of aliphatic imine (C=N–C) groups is 1. The van der Waals surface area contributed by atoms with Gasteiger partial charge in [-0.1, -0.05) is 35.9 Å². The number of guanidine groups is 1. The van der Waals surface area contributed by atoms with Gasteiger partial charge in [0.25, 0.3) is 0 Å². The number of nitrogens with zero attached hydrogens (tertiary/aromatic N) is 1. The van der Waals surface area contributed by atoms with Gasteiger partial charge in [0.05, 0.1) is 13.7 Å². The summed E-state index contributed by atoms with van der Waals surface area (Å²) in [6, 6.07) is 13.1. The van der Waals surface area contributed by atoms with Crippen molar-refractivity contribution >= 4 is 17.6 Å². The summed E-state index contributed by atoms with van der Waals surface area (Å²) in [4.78, 5) is 4.57. The van der Waals surface area contributed by atoms with Crippen LogP contribution in [0.1, 0.15) is 18.1 Å². The van der Waals surface area contributed by atoms with E-state index in [1.807, 2.05) is 43.3 Å². The van der Waals surface area contributed by atoms with Crippen LogP contribution in [0.25, 0.3) is 0 Å². The highest BCUT2D eigenvalue weighted by Crippen LogP contribution is 2.26. The molecule has 3 N–H and O–H groups in total. The number of ether oxygens (including phenoxy) is 1. The summed E-state index contributed by atoms with van der Waals surface area (Å²) in [6.07, 6.45) is 0.785. The van der Waals surface area contributed by atoms with Crippen molar-refractivity contribution in [3.05, 3.63) is 58.6 Å². The molecular weight excluding hydrogens is 338 g/mol. The molecule has 0 spiro atoms. The second kappa shape index (κ2) is 9.79. The quantitative estimate of drug-likeness (QED) is 0.522. The molecule has 5 nitrogen and oxygen atoms in total. The molecule has 2 rings (SSSR count). The fourth-order valence-corrected chi connectivity index (χ4v) is 2.53. The summed E-state index contributed by atoms with van der Waals surface area (Å²) >= 11 is 6.17. The van der Waals surface area contributed by atoms with Crippen molar-refractivity contribution in [3.63, 3.8) is 0 Å². The molecule has 0 aliphatic carbocycles. The summed E-state index contributed by atoms with van der Waals surface area (Å²) in [5, 5.41) is 16.9. The monoisotopic (exact) mass is 361 g/mol. The van der Waals surface area contributed by atoms with Crippen LogP contribution in [0, 0.1) is 0 Å². The van der Waals surface area contributed by atoms with E-state index in [0.717, 1.165) is 35.1 Å². The van der Waals surface area contributed by atoms with Crippen molar-refractivity contribution in [2.45, 2.75) is 19.9 Å². The number of nitrogens with one attached hydrogen (secondary N) is 2. The maximum absolute atomic E-state index is 9.64. The highest BCUT2D eigenvalue weighted by atomic mass is 35.5. The molecule has 0 aromatic heterocycles. The topological polar surface area (TPSA) is 65.9 Å². The van der Waals surface area contributed by atoms with Crippen molar-refractivity contribution < 1.29 is 9.84 Å². The van der Waals surface area contributed by atoms with Crippen molar-refractivity contribution in [1.29, 1.82) is 0 Å². The molecule has 0 fully saturated rings. The molecule has 0 aliphatic heterocycles. The number of phenolic OH excluding ortho intramolecular Hbond substituents is 1. The lowest BCUT2D eigenvalue weighted by Gasteiger charge is -2.12. The van der Waals surface area contributed by atoms with Gasteiger partial charge in [0, 0.05) is 18.1 Å². The van der Waals surface area contributed by atoms with Crippen LogP contribution in [0.3, 0.4) is 0 Å². The van der Waals surface area contributed by atoms with E-state index in [2.05, 4.69) is 15.6 Å². The lowest BCUT2D eigenvalue weighted by molar-refractivity contribution is 0.373. The Bertz CT molecular complexity index is 720.